The number of Topliss-reactive ketones (excluding diaryl/α,β-unsaturated/α-hetero) is 1. The minimum Gasteiger partial charge on any atom is -0.347 e. The van der Waals surface area contributed by atoms with Gasteiger partial charge in [0.15, 0.2) is 5.78 Å². The fourth-order valence-electron chi connectivity index (χ4n) is 2.29. The molecule has 2 rings (SSSR count). The summed E-state index contributed by atoms with van der Waals surface area (Å²) < 4.78 is 1.98. The van der Waals surface area contributed by atoms with Crippen LogP contribution in [0.3, 0.4) is 0 Å². The van der Waals surface area contributed by atoms with Crippen molar-refractivity contribution in [1.29, 1.82) is 0 Å². The molecule has 4 heteroatoms. The maximum atomic E-state index is 11.8. The summed E-state index contributed by atoms with van der Waals surface area (Å²) in [5.74, 6) is 0.273. The minimum absolute atomic E-state index is 0.0597. The summed E-state index contributed by atoms with van der Waals surface area (Å²) in [6, 6.07) is 1.92. The van der Waals surface area contributed by atoms with E-state index in [1.165, 1.54) is 0 Å². The van der Waals surface area contributed by atoms with Crippen molar-refractivity contribution < 1.29 is 9.59 Å². The maximum Gasteiger partial charge on any atom is 0.241 e. The molecule has 1 heterocycles. The summed E-state index contributed by atoms with van der Waals surface area (Å²) in [7, 11) is 3.50. The first-order valence-electron chi connectivity index (χ1n) is 5.93. The van der Waals surface area contributed by atoms with Crippen LogP contribution in [0, 0.1) is 6.92 Å². The molecule has 1 aromatic rings. The number of hydrogen-bond donors (Lipinski definition) is 0. The van der Waals surface area contributed by atoms with Crippen LogP contribution in [0.25, 0.3) is 0 Å². The van der Waals surface area contributed by atoms with Gasteiger partial charge in [0.1, 0.15) is 6.54 Å². The number of ketones is 1. The second-order valence-corrected chi connectivity index (χ2v) is 4.80. The quantitative estimate of drug-likeness (QED) is 0.776. The number of rotatable bonds is 2. The molecule has 0 fully saturated rings. The third-order valence-corrected chi connectivity index (χ3v) is 3.33. The van der Waals surface area contributed by atoms with Crippen molar-refractivity contribution in [2.24, 2.45) is 0 Å². The Hall–Kier alpha value is -1.58. The lowest BCUT2D eigenvalue weighted by molar-refractivity contribution is -0.129. The number of carbonyl (C=O) groups is 2. The van der Waals surface area contributed by atoms with E-state index in [-0.39, 0.29) is 11.7 Å². The molecule has 1 aliphatic carbocycles. The molecule has 1 aromatic heterocycles. The maximum absolute atomic E-state index is 11.8. The molecular formula is C13H18N2O2. The molecule has 0 bridgehead atoms. The van der Waals surface area contributed by atoms with Gasteiger partial charge in [-0.05, 0) is 25.8 Å². The molecular weight excluding hydrogens is 216 g/mol. The van der Waals surface area contributed by atoms with Crippen molar-refractivity contribution in [3.05, 3.63) is 23.0 Å². The van der Waals surface area contributed by atoms with Crippen LogP contribution in [0.5, 0.6) is 0 Å². The molecule has 1 amide bonds. The van der Waals surface area contributed by atoms with Gasteiger partial charge in [-0.3, -0.25) is 9.59 Å². The molecule has 17 heavy (non-hydrogen) atoms. The van der Waals surface area contributed by atoms with E-state index in [1.807, 2.05) is 17.6 Å². The highest BCUT2D eigenvalue weighted by molar-refractivity contribution is 5.98. The SMILES string of the molecule is Cc1cc2c(n1CC(=O)N(C)C)CCCC2=O. The minimum atomic E-state index is 0.0597. The Balaban J connectivity index is 2.35. The van der Waals surface area contributed by atoms with Crippen LogP contribution in [0.2, 0.25) is 0 Å². The van der Waals surface area contributed by atoms with Gasteiger partial charge < -0.3 is 9.47 Å². The molecule has 0 aliphatic heterocycles. The summed E-state index contributed by atoms with van der Waals surface area (Å²) in [6.07, 6.45) is 2.43. The average molecular weight is 234 g/mol. The van der Waals surface area contributed by atoms with Gasteiger partial charge in [-0.2, -0.15) is 0 Å². The lowest BCUT2D eigenvalue weighted by Gasteiger charge is -2.17. The van der Waals surface area contributed by atoms with Gasteiger partial charge in [0, 0.05) is 37.5 Å². The van der Waals surface area contributed by atoms with Crippen LogP contribution < -0.4 is 0 Å². The van der Waals surface area contributed by atoms with E-state index in [9.17, 15) is 9.59 Å². The zero-order chi connectivity index (χ0) is 12.6. The van der Waals surface area contributed by atoms with Crippen molar-refractivity contribution in [3.63, 3.8) is 0 Å². The zero-order valence-electron chi connectivity index (χ0n) is 10.6. The largest absolute Gasteiger partial charge is 0.347 e. The molecule has 0 atom stereocenters. The molecule has 0 radical (unpaired) electrons. The monoisotopic (exact) mass is 234 g/mol. The molecule has 92 valence electrons. The Morgan fingerprint density at radius 2 is 2.12 bits per heavy atom. The summed E-state index contributed by atoms with van der Waals surface area (Å²) in [5.41, 5.74) is 2.86. The average Bonchev–Trinajstić information content (AvgIpc) is 2.58. The number of aromatic nitrogens is 1. The lowest BCUT2D eigenvalue weighted by Crippen LogP contribution is -2.28. The molecule has 0 saturated heterocycles. The van der Waals surface area contributed by atoms with Gasteiger partial charge in [-0.15, -0.1) is 0 Å². The third kappa shape index (κ3) is 2.12. The third-order valence-electron chi connectivity index (χ3n) is 3.33. The van der Waals surface area contributed by atoms with E-state index < -0.39 is 0 Å². The van der Waals surface area contributed by atoms with Crippen LogP contribution in [0.15, 0.2) is 6.07 Å². The number of likely N-dealkylation sites (N-methyl/N-ethyl adjacent to an activating group) is 1. The Kier molecular flexibility index (Phi) is 3.05. The van der Waals surface area contributed by atoms with Crippen LogP contribution in [-0.2, 0) is 17.8 Å². The first kappa shape index (κ1) is 11.9. The van der Waals surface area contributed by atoms with Crippen molar-refractivity contribution in [2.75, 3.05) is 14.1 Å². The van der Waals surface area contributed by atoms with E-state index in [1.54, 1.807) is 19.0 Å². The Bertz CT molecular complexity index is 472. The number of carbonyl (C=O) groups excluding carboxylic acids is 2. The standard InChI is InChI=1S/C13H18N2O2/c1-9-7-10-11(5-4-6-12(10)16)15(9)8-13(17)14(2)3/h7H,4-6,8H2,1-3H3. The summed E-state index contributed by atoms with van der Waals surface area (Å²) >= 11 is 0. The van der Waals surface area contributed by atoms with Crippen molar-refractivity contribution in [3.8, 4) is 0 Å². The van der Waals surface area contributed by atoms with E-state index in [2.05, 4.69) is 0 Å². The zero-order valence-corrected chi connectivity index (χ0v) is 10.6. The molecule has 0 saturated carbocycles. The molecule has 0 unspecified atom stereocenters. The fourth-order valence-corrected chi connectivity index (χ4v) is 2.29. The Morgan fingerprint density at radius 3 is 2.76 bits per heavy atom. The molecule has 0 spiro atoms. The highest BCUT2D eigenvalue weighted by Gasteiger charge is 2.23. The lowest BCUT2D eigenvalue weighted by atomic mass is 9.97. The molecule has 0 N–H and O–H groups in total. The highest BCUT2D eigenvalue weighted by Crippen LogP contribution is 2.24. The molecule has 0 aromatic carbocycles. The normalized spacial score (nSPS) is 14.6. The first-order chi connectivity index (χ1) is 8.00. The topological polar surface area (TPSA) is 42.3 Å². The summed E-state index contributed by atoms with van der Waals surface area (Å²) in [5, 5.41) is 0. The molecule has 4 nitrogen and oxygen atoms in total. The van der Waals surface area contributed by atoms with Gasteiger partial charge in [0.2, 0.25) is 5.91 Å². The van der Waals surface area contributed by atoms with Crippen LogP contribution in [-0.4, -0.2) is 35.3 Å². The van der Waals surface area contributed by atoms with E-state index in [4.69, 9.17) is 0 Å². The number of fused-ring (bicyclic) bond motifs is 1. The Morgan fingerprint density at radius 1 is 1.41 bits per heavy atom. The number of hydrogen-bond acceptors (Lipinski definition) is 2. The van der Waals surface area contributed by atoms with Crippen LogP contribution >= 0.6 is 0 Å². The predicted molar refractivity (Wildman–Crippen MR) is 65.1 cm³/mol. The van der Waals surface area contributed by atoms with Gasteiger partial charge in [0.05, 0.1) is 0 Å². The van der Waals surface area contributed by atoms with E-state index in [0.29, 0.717) is 13.0 Å². The molecule has 1 aliphatic rings. The second-order valence-electron chi connectivity index (χ2n) is 4.80. The van der Waals surface area contributed by atoms with E-state index in [0.717, 1.165) is 29.8 Å². The highest BCUT2D eigenvalue weighted by atomic mass is 16.2. The summed E-state index contributed by atoms with van der Waals surface area (Å²) in [6.45, 7) is 2.29. The first-order valence-corrected chi connectivity index (χ1v) is 5.93. The Labute approximate surface area is 101 Å². The smallest absolute Gasteiger partial charge is 0.241 e. The number of amides is 1. The van der Waals surface area contributed by atoms with Gasteiger partial charge >= 0.3 is 0 Å². The van der Waals surface area contributed by atoms with Crippen molar-refractivity contribution >= 4 is 11.7 Å². The van der Waals surface area contributed by atoms with Gasteiger partial charge in [0.25, 0.3) is 0 Å². The fraction of sp³-hybridized carbons (Fsp3) is 0.538. The van der Waals surface area contributed by atoms with Crippen LogP contribution in [0.4, 0.5) is 0 Å². The van der Waals surface area contributed by atoms with Crippen molar-refractivity contribution in [2.45, 2.75) is 32.7 Å². The van der Waals surface area contributed by atoms with Gasteiger partial charge in [-0.1, -0.05) is 0 Å². The number of aryl methyl sites for hydroxylation is 1. The number of nitrogens with zero attached hydrogens (tertiary/aromatic N) is 2. The van der Waals surface area contributed by atoms with E-state index >= 15 is 0 Å². The van der Waals surface area contributed by atoms with Crippen molar-refractivity contribution in [1.82, 2.24) is 9.47 Å². The predicted octanol–water partition coefficient (Wildman–Crippen LogP) is 1.40. The second kappa shape index (κ2) is 4.35. The van der Waals surface area contributed by atoms with Crippen LogP contribution in [0.1, 0.15) is 34.6 Å². The van der Waals surface area contributed by atoms with Gasteiger partial charge in [-0.25, -0.2) is 0 Å². The summed E-state index contributed by atoms with van der Waals surface area (Å²) in [4.78, 5) is 25.1.